The molecule has 0 amide bonds. The Balaban J connectivity index is 1.91. The minimum atomic E-state index is 0.172. The van der Waals surface area contributed by atoms with Crippen LogP contribution in [0.15, 0.2) is 42.5 Å². The highest BCUT2D eigenvalue weighted by molar-refractivity contribution is 6.30. The largest absolute Gasteiger partial charge is 0.384 e. The summed E-state index contributed by atoms with van der Waals surface area (Å²) >= 11 is 5.99. The Morgan fingerprint density at radius 3 is 2.43 bits per heavy atom. The first-order chi connectivity index (χ1) is 9.95. The van der Waals surface area contributed by atoms with Crippen molar-refractivity contribution in [1.29, 1.82) is 0 Å². The van der Waals surface area contributed by atoms with Gasteiger partial charge in [0.05, 0.1) is 0 Å². The molecule has 2 aromatic rings. The Hall–Kier alpha value is -1.47. The number of anilines is 1. The van der Waals surface area contributed by atoms with Crippen LogP contribution in [-0.4, -0.2) is 6.54 Å². The summed E-state index contributed by atoms with van der Waals surface area (Å²) in [5, 5.41) is 4.47. The minimum absolute atomic E-state index is 0.172. The van der Waals surface area contributed by atoms with Crippen molar-refractivity contribution in [2.45, 2.75) is 38.5 Å². The van der Waals surface area contributed by atoms with Crippen LogP contribution in [0.1, 0.15) is 43.4 Å². The third-order valence-corrected chi connectivity index (χ3v) is 4.54. The number of hydrogen-bond donors (Lipinski definition) is 1. The lowest BCUT2D eigenvalue weighted by Crippen LogP contribution is -2.25. The maximum atomic E-state index is 5.99. The van der Waals surface area contributed by atoms with Gasteiger partial charge in [0.25, 0.3) is 0 Å². The van der Waals surface area contributed by atoms with E-state index in [4.69, 9.17) is 11.6 Å². The molecule has 0 radical (unpaired) electrons. The first-order valence-electron chi connectivity index (χ1n) is 7.57. The van der Waals surface area contributed by atoms with E-state index in [1.165, 1.54) is 22.4 Å². The van der Waals surface area contributed by atoms with Crippen LogP contribution in [0.3, 0.4) is 0 Å². The van der Waals surface area contributed by atoms with Crippen molar-refractivity contribution in [2.24, 2.45) is 0 Å². The summed E-state index contributed by atoms with van der Waals surface area (Å²) in [7, 11) is 0. The molecule has 1 heterocycles. The normalized spacial score (nSPS) is 18.0. The van der Waals surface area contributed by atoms with Gasteiger partial charge in [0.15, 0.2) is 0 Å². The van der Waals surface area contributed by atoms with Gasteiger partial charge in [-0.1, -0.05) is 62.7 Å². The molecule has 1 unspecified atom stereocenters. The maximum Gasteiger partial charge on any atom is 0.0411 e. The lowest BCUT2D eigenvalue weighted by molar-refractivity contribution is 0.585. The van der Waals surface area contributed by atoms with E-state index >= 15 is 0 Å². The van der Waals surface area contributed by atoms with Gasteiger partial charge in [-0.15, -0.1) is 0 Å². The van der Waals surface area contributed by atoms with E-state index < -0.39 is 0 Å². The Morgan fingerprint density at radius 2 is 1.76 bits per heavy atom. The van der Waals surface area contributed by atoms with Crippen molar-refractivity contribution in [3.63, 3.8) is 0 Å². The predicted molar refractivity (Wildman–Crippen MR) is 91.5 cm³/mol. The Morgan fingerprint density at radius 1 is 1.05 bits per heavy atom. The fourth-order valence-electron chi connectivity index (χ4n) is 3.14. The molecule has 1 aliphatic heterocycles. The van der Waals surface area contributed by atoms with Gasteiger partial charge in [-0.2, -0.15) is 0 Å². The molecule has 0 fully saturated rings. The van der Waals surface area contributed by atoms with Gasteiger partial charge < -0.3 is 5.32 Å². The molecule has 2 heteroatoms. The molecule has 2 aromatic carbocycles. The summed E-state index contributed by atoms with van der Waals surface area (Å²) in [6.07, 6.45) is 1.09. The minimum Gasteiger partial charge on any atom is -0.384 e. The zero-order chi connectivity index (χ0) is 15.0. The molecule has 1 atom stereocenters. The molecule has 1 aliphatic rings. The topological polar surface area (TPSA) is 12.0 Å². The number of benzene rings is 2. The Kier molecular flexibility index (Phi) is 3.71. The number of nitrogens with one attached hydrogen (secondary N) is 1. The number of rotatable bonds is 1. The average Bonchev–Trinajstić information content (AvgIpc) is 2.46. The fraction of sp³-hybridized carbons (Fsp3) is 0.368. The van der Waals surface area contributed by atoms with Gasteiger partial charge in [0, 0.05) is 23.2 Å². The maximum absolute atomic E-state index is 5.99. The molecular formula is C19H22ClN. The highest BCUT2D eigenvalue weighted by atomic mass is 35.5. The third kappa shape index (κ3) is 2.94. The number of hydrogen-bond acceptors (Lipinski definition) is 1. The van der Waals surface area contributed by atoms with Gasteiger partial charge in [-0.3, -0.25) is 0 Å². The van der Waals surface area contributed by atoms with Crippen LogP contribution in [0.2, 0.25) is 5.02 Å². The van der Waals surface area contributed by atoms with E-state index in [2.05, 4.69) is 56.4 Å². The summed E-state index contributed by atoms with van der Waals surface area (Å²) in [6.45, 7) is 7.81. The SMILES string of the molecule is CC(C)(C)c1cccc2c1NCC(c1ccc(Cl)cc1)C2. The van der Waals surface area contributed by atoms with Gasteiger partial charge in [-0.05, 0) is 40.7 Å². The number of halogens is 1. The van der Waals surface area contributed by atoms with Crippen molar-refractivity contribution >= 4 is 17.3 Å². The molecule has 0 aromatic heterocycles. The summed E-state index contributed by atoms with van der Waals surface area (Å²) in [5.74, 6) is 0.519. The summed E-state index contributed by atoms with van der Waals surface area (Å²) in [4.78, 5) is 0. The molecule has 0 saturated carbocycles. The second kappa shape index (κ2) is 5.38. The quantitative estimate of drug-likeness (QED) is 0.744. The average molecular weight is 300 g/mol. The Labute approximate surface area is 132 Å². The van der Waals surface area contributed by atoms with Crippen molar-refractivity contribution in [3.05, 3.63) is 64.2 Å². The lowest BCUT2D eigenvalue weighted by Gasteiger charge is -2.32. The molecule has 1 N–H and O–H groups in total. The molecule has 1 nitrogen and oxygen atoms in total. The fourth-order valence-corrected chi connectivity index (χ4v) is 3.26. The third-order valence-electron chi connectivity index (χ3n) is 4.29. The van der Waals surface area contributed by atoms with E-state index in [0.717, 1.165) is 18.0 Å². The van der Waals surface area contributed by atoms with Crippen LogP contribution >= 0.6 is 11.6 Å². The molecule has 21 heavy (non-hydrogen) atoms. The summed E-state index contributed by atoms with van der Waals surface area (Å²) in [5.41, 5.74) is 5.71. The summed E-state index contributed by atoms with van der Waals surface area (Å²) < 4.78 is 0. The molecular weight excluding hydrogens is 278 g/mol. The van der Waals surface area contributed by atoms with E-state index in [1.54, 1.807) is 0 Å². The first kappa shape index (κ1) is 14.5. The molecule has 0 aliphatic carbocycles. The monoisotopic (exact) mass is 299 g/mol. The van der Waals surface area contributed by atoms with Gasteiger partial charge >= 0.3 is 0 Å². The molecule has 3 rings (SSSR count). The van der Waals surface area contributed by atoms with Crippen LogP contribution < -0.4 is 5.32 Å². The highest BCUT2D eigenvalue weighted by Gasteiger charge is 2.25. The zero-order valence-electron chi connectivity index (χ0n) is 12.9. The van der Waals surface area contributed by atoms with Gasteiger partial charge in [0.2, 0.25) is 0 Å². The Bertz CT molecular complexity index is 638. The second-order valence-electron chi connectivity index (χ2n) is 6.92. The second-order valence-corrected chi connectivity index (χ2v) is 7.36. The van der Waals surface area contributed by atoms with E-state index in [1.807, 2.05) is 12.1 Å². The smallest absolute Gasteiger partial charge is 0.0411 e. The molecule has 0 saturated heterocycles. The van der Waals surface area contributed by atoms with Crippen molar-refractivity contribution < 1.29 is 0 Å². The highest BCUT2D eigenvalue weighted by Crippen LogP contribution is 2.37. The van der Waals surface area contributed by atoms with Gasteiger partial charge in [-0.25, -0.2) is 0 Å². The van der Waals surface area contributed by atoms with Crippen molar-refractivity contribution in [2.75, 3.05) is 11.9 Å². The number of fused-ring (bicyclic) bond motifs is 1. The van der Waals surface area contributed by atoms with Crippen LogP contribution in [0.4, 0.5) is 5.69 Å². The van der Waals surface area contributed by atoms with Crippen molar-refractivity contribution in [3.8, 4) is 0 Å². The molecule has 0 bridgehead atoms. The van der Waals surface area contributed by atoms with Crippen LogP contribution in [0, 0.1) is 0 Å². The zero-order valence-corrected chi connectivity index (χ0v) is 13.7. The molecule has 0 spiro atoms. The van der Waals surface area contributed by atoms with E-state index in [9.17, 15) is 0 Å². The lowest BCUT2D eigenvalue weighted by atomic mass is 9.80. The summed E-state index contributed by atoms with van der Waals surface area (Å²) in [6, 6.07) is 14.9. The number of para-hydroxylation sites is 1. The standard InChI is InChI=1S/C19H22ClN/c1-19(2,3)17-6-4-5-14-11-15(12-21-18(14)17)13-7-9-16(20)10-8-13/h4-10,15,21H,11-12H2,1-3H3. The van der Waals surface area contributed by atoms with E-state index in [-0.39, 0.29) is 5.41 Å². The van der Waals surface area contributed by atoms with E-state index in [0.29, 0.717) is 5.92 Å². The van der Waals surface area contributed by atoms with Crippen LogP contribution in [-0.2, 0) is 11.8 Å². The van der Waals surface area contributed by atoms with Crippen LogP contribution in [0.25, 0.3) is 0 Å². The van der Waals surface area contributed by atoms with Crippen LogP contribution in [0.5, 0.6) is 0 Å². The van der Waals surface area contributed by atoms with Gasteiger partial charge in [0.1, 0.15) is 0 Å². The first-order valence-corrected chi connectivity index (χ1v) is 7.94. The van der Waals surface area contributed by atoms with Crippen molar-refractivity contribution in [1.82, 2.24) is 0 Å². The molecule has 110 valence electrons. The predicted octanol–water partition coefficient (Wildman–Crippen LogP) is 5.39.